The Morgan fingerprint density at radius 2 is 2.10 bits per heavy atom. The van der Waals surface area contributed by atoms with E-state index >= 15 is 0 Å². The fraction of sp³-hybridized carbons (Fsp3) is 0.167. The molecule has 0 spiro atoms. The van der Waals surface area contributed by atoms with Gasteiger partial charge in [0, 0.05) is 16.6 Å². The molecule has 0 radical (unpaired) electrons. The summed E-state index contributed by atoms with van der Waals surface area (Å²) in [6.45, 7) is 3.56. The third-order valence-corrected chi connectivity index (χ3v) is 5.28. The maximum absolute atomic E-state index is 12.3. The molecule has 8 heteroatoms. The predicted molar refractivity (Wildman–Crippen MR) is 84.7 cm³/mol. The van der Waals surface area contributed by atoms with Gasteiger partial charge in [-0.25, -0.2) is 13.4 Å². The summed E-state index contributed by atoms with van der Waals surface area (Å²) in [5.74, 6) is 0. The topological polar surface area (TPSA) is 85.1 Å². The Hall–Kier alpha value is -1.51. The summed E-state index contributed by atoms with van der Waals surface area (Å²) >= 11 is 6.15. The highest BCUT2D eigenvalue weighted by atomic mass is 32.2. The summed E-state index contributed by atoms with van der Waals surface area (Å²) < 4.78 is 27.1. The molecule has 3 N–H and O–H groups in total. The largest absolute Gasteiger partial charge is 0.389 e. The van der Waals surface area contributed by atoms with E-state index in [0.29, 0.717) is 16.3 Å². The van der Waals surface area contributed by atoms with Gasteiger partial charge in [0.2, 0.25) is 0 Å². The molecule has 20 heavy (non-hydrogen) atoms. The number of nitrogens with one attached hydrogen (secondary N) is 1. The monoisotopic (exact) mass is 327 g/mol. The molecule has 5 nitrogen and oxygen atoms in total. The van der Waals surface area contributed by atoms with Crippen molar-refractivity contribution in [3.8, 4) is 0 Å². The van der Waals surface area contributed by atoms with E-state index in [2.05, 4.69) is 9.71 Å². The zero-order valence-corrected chi connectivity index (χ0v) is 13.3. The number of thiazole rings is 1. The molecule has 0 atom stereocenters. The van der Waals surface area contributed by atoms with Crippen molar-refractivity contribution in [2.24, 2.45) is 5.73 Å². The van der Waals surface area contributed by atoms with E-state index in [9.17, 15) is 8.42 Å². The summed E-state index contributed by atoms with van der Waals surface area (Å²) in [6, 6.07) is 4.74. The Labute approximate surface area is 126 Å². The Bertz CT molecular complexity index is 766. The van der Waals surface area contributed by atoms with Gasteiger partial charge in [-0.2, -0.15) is 0 Å². The molecule has 2 rings (SSSR count). The first kappa shape index (κ1) is 14.9. The van der Waals surface area contributed by atoms with Gasteiger partial charge < -0.3 is 5.73 Å². The number of anilines is 1. The fourth-order valence-electron chi connectivity index (χ4n) is 1.68. The van der Waals surface area contributed by atoms with Crippen LogP contribution in [0.3, 0.4) is 0 Å². The summed E-state index contributed by atoms with van der Waals surface area (Å²) in [6.07, 6.45) is 1.62. The van der Waals surface area contributed by atoms with Crippen molar-refractivity contribution in [2.75, 3.05) is 4.72 Å². The normalized spacial score (nSPS) is 11.3. The van der Waals surface area contributed by atoms with Gasteiger partial charge in [0.05, 0.1) is 4.90 Å². The Morgan fingerprint density at radius 3 is 2.60 bits per heavy atom. The van der Waals surface area contributed by atoms with Crippen molar-refractivity contribution in [2.45, 2.75) is 18.7 Å². The van der Waals surface area contributed by atoms with Crippen molar-refractivity contribution in [1.29, 1.82) is 0 Å². The van der Waals surface area contributed by atoms with Gasteiger partial charge in [-0.1, -0.05) is 18.3 Å². The lowest BCUT2D eigenvalue weighted by molar-refractivity contribution is 0.600. The van der Waals surface area contributed by atoms with Gasteiger partial charge in [-0.3, -0.25) is 4.72 Å². The number of aromatic nitrogens is 1. The van der Waals surface area contributed by atoms with E-state index in [4.69, 9.17) is 18.0 Å². The third-order valence-electron chi connectivity index (χ3n) is 2.59. The minimum absolute atomic E-state index is 0.186. The van der Waals surface area contributed by atoms with Gasteiger partial charge in [-0.15, -0.1) is 11.3 Å². The molecule has 0 aliphatic rings. The smallest absolute Gasteiger partial charge is 0.263 e. The van der Waals surface area contributed by atoms with E-state index in [1.165, 1.54) is 17.4 Å². The van der Waals surface area contributed by atoms with Crippen LogP contribution < -0.4 is 10.5 Å². The zero-order chi connectivity index (χ0) is 14.9. The number of aryl methyl sites for hydroxylation is 2. The van der Waals surface area contributed by atoms with Crippen LogP contribution in [0.15, 0.2) is 29.3 Å². The maximum atomic E-state index is 12.3. The number of sulfonamides is 1. The second-order valence-corrected chi connectivity index (χ2v) is 7.55. The van der Waals surface area contributed by atoms with Crippen molar-refractivity contribution < 1.29 is 8.42 Å². The number of hydrogen-bond donors (Lipinski definition) is 2. The molecule has 0 saturated carbocycles. The maximum Gasteiger partial charge on any atom is 0.263 e. The standard InChI is InChI=1S/C12H13N3O2S3/c1-7-5-9(11(13)18)3-4-10(7)20(16,17)15-12-14-6-8(2)19-12/h3-6H,1-2H3,(H2,13,18)(H,14,15). The van der Waals surface area contributed by atoms with Gasteiger partial charge in [0.1, 0.15) is 4.99 Å². The molecule has 0 saturated heterocycles. The predicted octanol–water partition coefficient (Wildman–Crippen LogP) is 2.19. The molecule has 0 bridgehead atoms. The second kappa shape index (κ2) is 5.47. The van der Waals surface area contributed by atoms with Gasteiger partial charge >= 0.3 is 0 Å². The summed E-state index contributed by atoms with van der Waals surface area (Å²) in [5, 5.41) is 0.348. The van der Waals surface area contributed by atoms with E-state index in [1.54, 1.807) is 25.3 Å². The average molecular weight is 327 g/mol. The zero-order valence-electron chi connectivity index (χ0n) is 10.9. The minimum atomic E-state index is -3.66. The SMILES string of the molecule is Cc1cnc(NS(=O)(=O)c2ccc(C(N)=S)cc2C)s1. The van der Waals surface area contributed by atoms with Crippen LogP contribution in [0.4, 0.5) is 5.13 Å². The number of rotatable bonds is 4. The molecule has 0 aliphatic heterocycles. The average Bonchev–Trinajstić information content (AvgIpc) is 2.73. The number of nitrogens with two attached hydrogens (primary N) is 1. The Balaban J connectivity index is 2.37. The lowest BCUT2D eigenvalue weighted by Gasteiger charge is -2.09. The molecular formula is C12H13N3O2S3. The molecule has 1 heterocycles. The van der Waals surface area contributed by atoms with Gasteiger partial charge in [-0.05, 0) is 31.5 Å². The van der Waals surface area contributed by atoms with Crippen LogP contribution in [0.1, 0.15) is 16.0 Å². The number of hydrogen-bond acceptors (Lipinski definition) is 5. The third kappa shape index (κ3) is 3.14. The van der Waals surface area contributed by atoms with Gasteiger partial charge in [0.25, 0.3) is 10.0 Å². The fourth-order valence-corrected chi connectivity index (χ4v) is 3.94. The highest BCUT2D eigenvalue weighted by Crippen LogP contribution is 2.23. The molecule has 0 amide bonds. The van der Waals surface area contributed by atoms with Crippen molar-refractivity contribution in [3.05, 3.63) is 40.4 Å². The van der Waals surface area contributed by atoms with Crippen molar-refractivity contribution in [1.82, 2.24) is 4.98 Å². The summed E-state index contributed by atoms with van der Waals surface area (Å²) in [4.78, 5) is 5.35. The molecule has 0 aliphatic carbocycles. The van der Waals surface area contributed by atoms with E-state index in [0.717, 1.165) is 4.88 Å². The quantitative estimate of drug-likeness (QED) is 0.841. The number of benzene rings is 1. The van der Waals surface area contributed by atoms with E-state index < -0.39 is 10.0 Å². The lowest BCUT2D eigenvalue weighted by Crippen LogP contribution is -2.15. The van der Waals surface area contributed by atoms with Crippen LogP contribution in [-0.4, -0.2) is 18.4 Å². The highest BCUT2D eigenvalue weighted by molar-refractivity contribution is 7.93. The number of nitrogens with zero attached hydrogens (tertiary/aromatic N) is 1. The minimum Gasteiger partial charge on any atom is -0.389 e. The summed E-state index contributed by atoms with van der Waals surface area (Å²) in [5.41, 5.74) is 6.75. The molecule has 0 fully saturated rings. The van der Waals surface area contributed by atoms with Crippen molar-refractivity contribution >= 4 is 43.7 Å². The van der Waals surface area contributed by atoms with Crippen LogP contribution >= 0.6 is 23.6 Å². The van der Waals surface area contributed by atoms with Gasteiger partial charge in [0.15, 0.2) is 5.13 Å². The first-order valence-corrected chi connectivity index (χ1v) is 8.36. The van der Waals surface area contributed by atoms with E-state index in [-0.39, 0.29) is 9.88 Å². The van der Waals surface area contributed by atoms with E-state index in [1.807, 2.05) is 6.92 Å². The molecular weight excluding hydrogens is 314 g/mol. The number of thiocarbonyl (C=S) groups is 1. The Morgan fingerprint density at radius 1 is 1.40 bits per heavy atom. The molecule has 1 aromatic heterocycles. The molecule has 2 aromatic rings. The van der Waals surface area contributed by atoms with Crippen LogP contribution in [0.2, 0.25) is 0 Å². The highest BCUT2D eigenvalue weighted by Gasteiger charge is 2.18. The molecule has 106 valence electrons. The van der Waals surface area contributed by atoms with Crippen LogP contribution in [-0.2, 0) is 10.0 Å². The lowest BCUT2D eigenvalue weighted by atomic mass is 10.1. The first-order chi connectivity index (χ1) is 9.29. The van der Waals surface area contributed by atoms with Crippen LogP contribution in [0.5, 0.6) is 0 Å². The first-order valence-electron chi connectivity index (χ1n) is 5.65. The Kier molecular flexibility index (Phi) is 4.07. The van der Waals surface area contributed by atoms with Crippen LogP contribution in [0.25, 0.3) is 0 Å². The van der Waals surface area contributed by atoms with Crippen LogP contribution in [0, 0.1) is 13.8 Å². The van der Waals surface area contributed by atoms with Crippen molar-refractivity contribution in [3.63, 3.8) is 0 Å². The molecule has 1 aromatic carbocycles. The second-order valence-electron chi connectivity index (χ2n) is 4.23. The molecule has 0 unspecified atom stereocenters. The summed E-state index contributed by atoms with van der Waals surface area (Å²) in [7, 11) is -3.66.